The van der Waals surface area contributed by atoms with Crippen molar-refractivity contribution < 1.29 is 8.60 Å². The second-order valence-corrected chi connectivity index (χ2v) is 6.30. The zero-order valence-electron chi connectivity index (χ0n) is 9.03. The van der Waals surface area contributed by atoms with E-state index in [-0.39, 0.29) is 4.90 Å². The van der Waals surface area contributed by atoms with Crippen LogP contribution >= 0.6 is 11.8 Å². The van der Waals surface area contributed by atoms with E-state index < -0.39 is 16.6 Å². The van der Waals surface area contributed by atoms with Gasteiger partial charge in [-0.15, -0.1) is 0 Å². The summed E-state index contributed by atoms with van der Waals surface area (Å²) >= 11 is 1.91. The lowest BCUT2D eigenvalue weighted by molar-refractivity contribution is 0.596. The van der Waals surface area contributed by atoms with Crippen molar-refractivity contribution in [3.8, 4) is 0 Å². The van der Waals surface area contributed by atoms with E-state index in [1.54, 1.807) is 12.1 Å². The van der Waals surface area contributed by atoms with Crippen molar-refractivity contribution in [1.82, 2.24) is 0 Å². The zero-order valence-corrected chi connectivity index (χ0v) is 10.7. The first-order valence-corrected chi connectivity index (χ1v) is 7.85. The second kappa shape index (κ2) is 5.19. The summed E-state index contributed by atoms with van der Waals surface area (Å²) in [7, 11) is -1.26. The minimum Gasteiger partial charge on any atom is -0.381 e. The van der Waals surface area contributed by atoms with Crippen LogP contribution in [0, 0.1) is 5.82 Å². The quantitative estimate of drug-likeness (QED) is 0.904. The Morgan fingerprint density at radius 2 is 2.38 bits per heavy atom. The van der Waals surface area contributed by atoms with Crippen molar-refractivity contribution in [1.29, 1.82) is 0 Å². The highest BCUT2D eigenvalue weighted by Gasteiger charge is 2.15. The molecule has 0 spiro atoms. The van der Waals surface area contributed by atoms with E-state index in [2.05, 4.69) is 5.32 Å². The molecule has 1 N–H and O–H groups in total. The van der Waals surface area contributed by atoms with Crippen LogP contribution in [0.5, 0.6) is 0 Å². The molecule has 0 bridgehead atoms. The Bertz CT molecular complexity index is 405. The number of halogens is 1. The Balaban J connectivity index is 2.11. The molecule has 0 aromatic heterocycles. The van der Waals surface area contributed by atoms with Gasteiger partial charge in [0, 0.05) is 23.7 Å². The molecular formula is C11H14FNOS2. The number of hydrogen-bond donors (Lipinski definition) is 1. The van der Waals surface area contributed by atoms with Gasteiger partial charge in [0.05, 0.1) is 15.7 Å². The van der Waals surface area contributed by atoms with E-state index in [1.165, 1.54) is 12.3 Å². The third kappa shape index (κ3) is 2.77. The Morgan fingerprint density at radius 3 is 2.94 bits per heavy atom. The Morgan fingerprint density at radius 1 is 1.56 bits per heavy atom. The molecule has 16 heavy (non-hydrogen) atoms. The van der Waals surface area contributed by atoms with Gasteiger partial charge in [0.15, 0.2) is 0 Å². The van der Waals surface area contributed by atoms with Gasteiger partial charge in [0.1, 0.15) is 5.82 Å². The number of rotatable bonds is 3. The summed E-state index contributed by atoms with van der Waals surface area (Å²) in [4.78, 5) is 0.270. The molecule has 2 nitrogen and oxygen atoms in total. The van der Waals surface area contributed by atoms with Crippen LogP contribution in [0.3, 0.4) is 0 Å². The molecule has 1 aromatic carbocycles. The van der Waals surface area contributed by atoms with Gasteiger partial charge in [-0.05, 0) is 30.4 Å². The minimum atomic E-state index is -1.26. The second-order valence-electron chi connectivity index (χ2n) is 3.80. The van der Waals surface area contributed by atoms with E-state index in [0.717, 1.165) is 23.6 Å². The van der Waals surface area contributed by atoms with Gasteiger partial charge in [-0.1, -0.05) is 0 Å². The fourth-order valence-corrected chi connectivity index (χ4v) is 3.45. The average molecular weight is 259 g/mol. The third-order valence-electron chi connectivity index (χ3n) is 2.54. The van der Waals surface area contributed by atoms with Crippen molar-refractivity contribution in [3.05, 3.63) is 24.0 Å². The van der Waals surface area contributed by atoms with Crippen LogP contribution < -0.4 is 5.32 Å². The summed E-state index contributed by atoms with van der Waals surface area (Å²) in [6, 6.07) is 5.25. The van der Waals surface area contributed by atoms with E-state index >= 15 is 0 Å². The number of benzene rings is 1. The van der Waals surface area contributed by atoms with Crippen LogP contribution in [-0.4, -0.2) is 28.0 Å². The van der Waals surface area contributed by atoms with E-state index in [0.29, 0.717) is 6.04 Å². The molecule has 1 saturated heterocycles. The first-order valence-electron chi connectivity index (χ1n) is 5.14. The Labute approximate surface area is 101 Å². The number of nitrogens with one attached hydrogen (secondary N) is 1. The topological polar surface area (TPSA) is 29.1 Å². The van der Waals surface area contributed by atoms with Gasteiger partial charge < -0.3 is 5.32 Å². The summed E-state index contributed by atoms with van der Waals surface area (Å²) in [5.41, 5.74) is 0.777. The van der Waals surface area contributed by atoms with Gasteiger partial charge in [-0.3, -0.25) is 4.21 Å². The summed E-state index contributed by atoms with van der Waals surface area (Å²) in [6.07, 6.45) is 2.60. The van der Waals surface area contributed by atoms with Gasteiger partial charge >= 0.3 is 0 Å². The van der Waals surface area contributed by atoms with Crippen LogP contribution in [0.2, 0.25) is 0 Å². The molecule has 2 atom stereocenters. The zero-order chi connectivity index (χ0) is 11.5. The van der Waals surface area contributed by atoms with Crippen LogP contribution in [0.4, 0.5) is 10.1 Å². The molecule has 1 heterocycles. The third-order valence-corrected chi connectivity index (χ3v) is 4.65. The minimum absolute atomic E-state index is 0.270. The van der Waals surface area contributed by atoms with E-state index in [4.69, 9.17) is 0 Å². The van der Waals surface area contributed by atoms with Crippen LogP contribution in [0.15, 0.2) is 23.1 Å². The number of hydrogen-bond acceptors (Lipinski definition) is 3. The molecule has 1 aromatic rings. The highest BCUT2D eigenvalue weighted by Crippen LogP contribution is 2.23. The van der Waals surface area contributed by atoms with Crippen LogP contribution in [0.1, 0.15) is 6.42 Å². The summed E-state index contributed by atoms with van der Waals surface area (Å²) in [6.45, 7) is 0. The molecule has 1 aliphatic heterocycles. The molecule has 0 aliphatic carbocycles. The molecule has 0 amide bonds. The SMILES string of the molecule is CS(=O)c1ccc(NC2CCSC2)cc1F. The van der Waals surface area contributed by atoms with Crippen molar-refractivity contribution in [2.45, 2.75) is 17.4 Å². The number of anilines is 1. The van der Waals surface area contributed by atoms with Crippen LogP contribution in [0.25, 0.3) is 0 Å². The lowest BCUT2D eigenvalue weighted by Gasteiger charge is -2.13. The van der Waals surface area contributed by atoms with E-state index in [1.807, 2.05) is 11.8 Å². The Kier molecular flexibility index (Phi) is 3.86. The maximum atomic E-state index is 13.5. The lowest BCUT2D eigenvalue weighted by atomic mass is 10.2. The van der Waals surface area contributed by atoms with Gasteiger partial charge in [-0.25, -0.2) is 4.39 Å². The van der Waals surface area contributed by atoms with Crippen molar-refractivity contribution in [2.24, 2.45) is 0 Å². The fraction of sp³-hybridized carbons (Fsp3) is 0.455. The normalized spacial score (nSPS) is 22.0. The highest BCUT2D eigenvalue weighted by molar-refractivity contribution is 7.99. The maximum absolute atomic E-state index is 13.5. The molecule has 0 radical (unpaired) electrons. The standard InChI is InChI=1S/C11H14FNOS2/c1-16(14)11-3-2-8(6-10(11)12)13-9-4-5-15-7-9/h2-3,6,9,13H,4-5,7H2,1H3. The van der Waals surface area contributed by atoms with Gasteiger partial charge in [0.25, 0.3) is 0 Å². The molecule has 1 aliphatic rings. The average Bonchev–Trinajstić information content (AvgIpc) is 2.70. The molecule has 2 unspecified atom stereocenters. The largest absolute Gasteiger partial charge is 0.381 e. The molecule has 88 valence electrons. The smallest absolute Gasteiger partial charge is 0.141 e. The predicted molar refractivity (Wildman–Crippen MR) is 68.1 cm³/mol. The molecule has 0 saturated carbocycles. The van der Waals surface area contributed by atoms with Crippen molar-refractivity contribution in [2.75, 3.05) is 23.1 Å². The fourth-order valence-electron chi connectivity index (χ4n) is 1.71. The molecule has 2 rings (SSSR count). The summed E-state index contributed by atoms with van der Waals surface area (Å²) < 4.78 is 24.7. The van der Waals surface area contributed by atoms with E-state index in [9.17, 15) is 8.60 Å². The summed E-state index contributed by atoms with van der Waals surface area (Å²) in [5, 5.41) is 3.29. The van der Waals surface area contributed by atoms with Crippen molar-refractivity contribution >= 4 is 28.2 Å². The van der Waals surface area contributed by atoms with Gasteiger partial charge in [-0.2, -0.15) is 11.8 Å². The lowest BCUT2D eigenvalue weighted by Crippen LogP contribution is -2.18. The first-order chi connectivity index (χ1) is 7.66. The Hall–Kier alpha value is -0.550. The molecular weight excluding hydrogens is 245 g/mol. The number of thioether (sulfide) groups is 1. The molecule has 5 heteroatoms. The molecule has 1 fully saturated rings. The first kappa shape index (κ1) is 11.9. The van der Waals surface area contributed by atoms with Crippen LogP contribution in [-0.2, 0) is 10.8 Å². The highest BCUT2D eigenvalue weighted by atomic mass is 32.2. The predicted octanol–water partition coefficient (Wildman–Crippen LogP) is 2.48. The monoisotopic (exact) mass is 259 g/mol. The summed E-state index contributed by atoms with van der Waals surface area (Å²) in [5.74, 6) is 1.84. The maximum Gasteiger partial charge on any atom is 0.141 e. The van der Waals surface area contributed by atoms with Gasteiger partial charge in [0.2, 0.25) is 0 Å². The van der Waals surface area contributed by atoms with Crippen molar-refractivity contribution in [3.63, 3.8) is 0 Å².